The van der Waals surface area contributed by atoms with Gasteiger partial charge in [-0.1, -0.05) is 0 Å². The van der Waals surface area contributed by atoms with Gasteiger partial charge in [0.25, 0.3) is 5.91 Å². The van der Waals surface area contributed by atoms with Gasteiger partial charge < -0.3 is 10.3 Å². The number of benzene rings is 1. The van der Waals surface area contributed by atoms with Crippen molar-refractivity contribution in [2.75, 3.05) is 12.0 Å². The second-order valence-electron chi connectivity index (χ2n) is 5.48. The second kappa shape index (κ2) is 5.77. The Bertz CT molecular complexity index is 948. The lowest BCUT2D eigenvalue weighted by atomic mass is 10.0. The van der Waals surface area contributed by atoms with Crippen LogP contribution in [0.2, 0.25) is 0 Å². The van der Waals surface area contributed by atoms with Crippen molar-refractivity contribution < 1.29 is 9.18 Å². The van der Waals surface area contributed by atoms with Crippen molar-refractivity contribution >= 4 is 28.2 Å². The molecule has 0 fully saturated rings. The minimum atomic E-state index is -0.353. The van der Waals surface area contributed by atoms with Crippen LogP contribution in [-0.4, -0.2) is 28.1 Å². The van der Waals surface area contributed by atoms with Crippen LogP contribution in [-0.2, 0) is 0 Å². The number of H-pyrrole nitrogens is 1. The maximum atomic E-state index is 13.7. The van der Waals surface area contributed by atoms with Crippen LogP contribution in [0, 0.1) is 5.82 Å². The van der Waals surface area contributed by atoms with E-state index in [1.807, 2.05) is 6.07 Å². The minimum absolute atomic E-state index is 0.215. The first-order valence-corrected chi connectivity index (χ1v) is 7.55. The van der Waals surface area contributed by atoms with Crippen molar-refractivity contribution in [3.63, 3.8) is 0 Å². The summed E-state index contributed by atoms with van der Waals surface area (Å²) in [6.07, 6.45) is 3.86. The Hall–Kier alpha value is -3.22. The molecule has 0 spiro atoms. The molecule has 0 aliphatic carbocycles. The molecular formula is C17H14FN5O. The van der Waals surface area contributed by atoms with Crippen LogP contribution in [0.5, 0.6) is 0 Å². The second-order valence-corrected chi connectivity index (χ2v) is 5.48. The third-order valence-electron chi connectivity index (χ3n) is 3.91. The molecule has 6 nitrogen and oxygen atoms in total. The van der Waals surface area contributed by atoms with E-state index in [0.717, 1.165) is 5.69 Å². The van der Waals surface area contributed by atoms with Crippen LogP contribution < -0.4 is 10.7 Å². The largest absolute Gasteiger partial charge is 0.350 e. The number of rotatable bonds is 2. The number of carbonyl (C=O) groups is 1. The number of halogens is 1. The van der Waals surface area contributed by atoms with Crippen molar-refractivity contribution in [3.8, 4) is 0 Å². The van der Waals surface area contributed by atoms with Gasteiger partial charge in [-0.05, 0) is 30.3 Å². The smallest absolute Gasteiger partial charge is 0.268 e. The van der Waals surface area contributed by atoms with Gasteiger partial charge in [0.1, 0.15) is 11.5 Å². The number of fused-ring (bicyclic) bond motifs is 3. The van der Waals surface area contributed by atoms with Crippen LogP contribution in [0.3, 0.4) is 0 Å². The highest BCUT2D eigenvalue weighted by molar-refractivity contribution is 6.19. The predicted octanol–water partition coefficient (Wildman–Crippen LogP) is 2.65. The van der Waals surface area contributed by atoms with E-state index in [4.69, 9.17) is 0 Å². The lowest BCUT2D eigenvalue weighted by Crippen LogP contribution is -2.23. The number of amides is 1. The summed E-state index contributed by atoms with van der Waals surface area (Å²) in [4.78, 5) is 19.3. The number of hydrogen-bond acceptors (Lipinski definition) is 4. The van der Waals surface area contributed by atoms with Crippen molar-refractivity contribution in [1.29, 1.82) is 0 Å². The zero-order valence-corrected chi connectivity index (χ0v) is 12.6. The fourth-order valence-corrected chi connectivity index (χ4v) is 2.81. The molecule has 0 atom stereocenters. The molecule has 3 N–H and O–H groups in total. The first-order valence-electron chi connectivity index (χ1n) is 7.55. The van der Waals surface area contributed by atoms with Crippen LogP contribution in [0.15, 0.2) is 47.8 Å². The first-order chi connectivity index (χ1) is 11.7. The van der Waals surface area contributed by atoms with Gasteiger partial charge in [-0.25, -0.2) is 4.39 Å². The highest BCUT2D eigenvalue weighted by Crippen LogP contribution is 2.26. The molecule has 0 saturated carbocycles. The summed E-state index contributed by atoms with van der Waals surface area (Å²) in [7, 11) is 0. The van der Waals surface area contributed by atoms with Crippen LogP contribution in [0.1, 0.15) is 22.5 Å². The number of nitrogens with zero attached hydrogens (tertiary/aromatic N) is 2. The zero-order chi connectivity index (χ0) is 16.5. The average Bonchev–Trinajstić information content (AvgIpc) is 2.89. The molecule has 1 aliphatic rings. The highest BCUT2D eigenvalue weighted by Gasteiger charge is 2.25. The third kappa shape index (κ3) is 2.50. The molecule has 0 radical (unpaired) electrons. The summed E-state index contributed by atoms with van der Waals surface area (Å²) in [6, 6.07) is 8.04. The summed E-state index contributed by atoms with van der Waals surface area (Å²) < 4.78 is 13.7. The molecule has 0 unspecified atom stereocenters. The van der Waals surface area contributed by atoms with Gasteiger partial charge in [0.05, 0.1) is 17.6 Å². The number of carbonyl (C=O) groups excluding carboxylic acids is 1. The Morgan fingerprint density at radius 1 is 1.29 bits per heavy atom. The monoisotopic (exact) mass is 323 g/mol. The number of hydrazone groups is 1. The van der Waals surface area contributed by atoms with E-state index < -0.39 is 0 Å². The van der Waals surface area contributed by atoms with E-state index in [1.54, 1.807) is 24.5 Å². The number of pyridine rings is 1. The molecule has 4 rings (SSSR count). The first kappa shape index (κ1) is 14.4. The molecule has 3 aromatic rings. The normalized spacial score (nSPS) is 15.9. The Morgan fingerprint density at radius 3 is 3.04 bits per heavy atom. The number of anilines is 1. The molecule has 24 heavy (non-hydrogen) atoms. The van der Waals surface area contributed by atoms with E-state index in [2.05, 4.69) is 25.8 Å². The van der Waals surface area contributed by atoms with E-state index in [0.29, 0.717) is 40.8 Å². The Morgan fingerprint density at radius 2 is 2.21 bits per heavy atom. The van der Waals surface area contributed by atoms with Crippen molar-refractivity contribution in [2.24, 2.45) is 5.10 Å². The predicted molar refractivity (Wildman–Crippen MR) is 89.6 cm³/mol. The van der Waals surface area contributed by atoms with Gasteiger partial charge in [-0.2, -0.15) is 5.10 Å². The molecule has 0 bridgehead atoms. The van der Waals surface area contributed by atoms with Crippen molar-refractivity contribution in [2.45, 2.75) is 6.42 Å². The number of hydrogen-bond donors (Lipinski definition) is 3. The van der Waals surface area contributed by atoms with Crippen molar-refractivity contribution in [1.82, 2.24) is 15.3 Å². The van der Waals surface area contributed by atoms with E-state index in [9.17, 15) is 9.18 Å². The maximum Gasteiger partial charge on any atom is 0.268 e. The SMILES string of the molecule is O=C1NCCC(=NNc2cccnc2)c2c1[nH]c1ccc(F)cc21. The Labute approximate surface area is 136 Å². The summed E-state index contributed by atoms with van der Waals surface area (Å²) >= 11 is 0. The third-order valence-corrected chi connectivity index (χ3v) is 3.91. The highest BCUT2D eigenvalue weighted by atomic mass is 19.1. The fourth-order valence-electron chi connectivity index (χ4n) is 2.81. The standard InChI is InChI=1S/C17H14FN5O/c18-10-3-4-13-12(8-10)15-14(5-7-20-17(24)16(15)21-13)23-22-11-2-1-6-19-9-11/h1-4,6,8-9,21-22H,5,7H2,(H,20,24). The molecule has 120 valence electrons. The summed E-state index contributed by atoms with van der Waals surface area (Å²) in [5.41, 5.74) is 6.11. The maximum absolute atomic E-state index is 13.7. The van der Waals surface area contributed by atoms with Gasteiger partial charge in [0.15, 0.2) is 0 Å². The molecule has 1 amide bonds. The lowest BCUT2D eigenvalue weighted by molar-refractivity contribution is 0.0952. The van der Waals surface area contributed by atoms with Gasteiger partial charge >= 0.3 is 0 Å². The number of aromatic nitrogens is 2. The Kier molecular flexibility index (Phi) is 3.45. The van der Waals surface area contributed by atoms with Crippen LogP contribution in [0.25, 0.3) is 10.9 Å². The lowest BCUT2D eigenvalue weighted by Gasteiger charge is -2.05. The van der Waals surface area contributed by atoms with Gasteiger partial charge in [-0.3, -0.25) is 15.2 Å². The molecule has 7 heteroatoms. The van der Waals surface area contributed by atoms with Crippen molar-refractivity contribution in [3.05, 3.63) is 59.8 Å². The summed E-state index contributed by atoms with van der Waals surface area (Å²) in [6.45, 7) is 0.464. The van der Waals surface area contributed by atoms with E-state index in [1.165, 1.54) is 12.1 Å². The Balaban J connectivity index is 1.84. The molecule has 3 heterocycles. The van der Waals surface area contributed by atoms with E-state index in [-0.39, 0.29) is 11.7 Å². The van der Waals surface area contributed by atoms with Crippen LogP contribution in [0.4, 0.5) is 10.1 Å². The van der Waals surface area contributed by atoms with Gasteiger partial charge in [0.2, 0.25) is 0 Å². The molecule has 0 saturated heterocycles. The zero-order valence-electron chi connectivity index (χ0n) is 12.6. The van der Waals surface area contributed by atoms with Crippen LogP contribution >= 0.6 is 0 Å². The van der Waals surface area contributed by atoms with Gasteiger partial charge in [0, 0.05) is 35.6 Å². The van der Waals surface area contributed by atoms with E-state index >= 15 is 0 Å². The average molecular weight is 323 g/mol. The topological polar surface area (TPSA) is 82.2 Å². The number of nitrogens with one attached hydrogen (secondary N) is 3. The fraction of sp³-hybridized carbons (Fsp3) is 0.118. The minimum Gasteiger partial charge on any atom is -0.350 e. The molecule has 1 aromatic carbocycles. The summed E-state index contributed by atoms with van der Waals surface area (Å²) in [5.74, 6) is -0.568. The number of aromatic amines is 1. The quantitative estimate of drug-likeness (QED) is 0.634. The summed E-state index contributed by atoms with van der Waals surface area (Å²) in [5, 5.41) is 7.90. The van der Waals surface area contributed by atoms with Gasteiger partial charge in [-0.15, -0.1) is 0 Å². The molecule has 2 aromatic heterocycles. The molecular weight excluding hydrogens is 309 g/mol. The molecule has 1 aliphatic heterocycles.